The number of aryl methyl sites for hydroxylation is 1. The van der Waals surface area contributed by atoms with Crippen LogP contribution < -0.4 is 5.32 Å². The Hall–Kier alpha value is -2.73. The maximum Gasteiger partial charge on any atom is 0.340 e. The van der Waals surface area contributed by atoms with Crippen molar-refractivity contribution < 1.29 is 32.2 Å². The summed E-state index contributed by atoms with van der Waals surface area (Å²) in [6, 6.07) is 6.40. The van der Waals surface area contributed by atoms with Crippen molar-refractivity contribution in [2.45, 2.75) is 25.3 Å². The van der Waals surface area contributed by atoms with Gasteiger partial charge in [0, 0.05) is 32.4 Å². The first-order valence-electron chi connectivity index (χ1n) is 10.6. The minimum absolute atomic E-state index is 0.123. The van der Waals surface area contributed by atoms with Crippen LogP contribution in [0, 0.1) is 13.8 Å². The molecule has 1 aromatic heterocycles. The Morgan fingerprint density at radius 1 is 1.12 bits per heavy atom. The van der Waals surface area contributed by atoms with Crippen molar-refractivity contribution in [1.82, 2.24) is 14.6 Å². The van der Waals surface area contributed by atoms with Gasteiger partial charge in [0.1, 0.15) is 12.3 Å². The smallest absolute Gasteiger partial charge is 0.340 e. The van der Waals surface area contributed by atoms with Gasteiger partial charge in [-0.25, -0.2) is 13.2 Å². The van der Waals surface area contributed by atoms with Crippen LogP contribution in [0.4, 0.5) is 0 Å². The molecule has 0 unspecified atom stereocenters. The molecule has 0 bridgehead atoms. The molecule has 10 nitrogen and oxygen atoms in total. The molecule has 3 rings (SSSR count). The summed E-state index contributed by atoms with van der Waals surface area (Å²) in [6.45, 7) is 5.41. The third-order valence-corrected chi connectivity index (χ3v) is 7.29. The van der Waals surface area contributed by atoms with Crippen LogP contribution in [0.15, 0.2) is 29.2 Å². The van der Waals surface area contributed by atoms with Crippen LogP contribution in [-0.4, -0.2) is 76.2 Å². The van der Waals surface area contributed by atoms with Crippen LogP contribution in [0.5, 0.6) is 0 Å². The van der Waals surface area contributed by atoms with E-state index >= 15 is 0 Å². The number of rotatable bonds is 9. The number of esters is 1. The number of H-pyrrole nitrogens is 1. The van der Waals surface area contributed by atoms with Crippen LogP contribution in [0.3, 0.4) is 0 Å². The number of carbonyl (C=O) groups excluding carboxylic acids is 2. The Labute approximate surface area is 193 Å². The number of sulfonamides is 1. The Balaban J connectivity index is 1.63. The number of carbonyl (C=O) groups is 2. The summed E-state index contributed by atoms with van der Waals surface area (Å²) in [5.74, 6) is -0.897. The molecule has 180 valence electrons. The molecule has 1 saturated heterocycles. The summed E-state index contributed by atoms with van der Waals surface area (Å²) in [7, 11) is -2.05. The van der Waals surface area contributed by atoms with Gasteiger partial charge in [0.05, 0.1) is 30.3 Å². The molecule has 2 aromatic rings. The SMILES string of the molecule is COCCOC(=O)c1c(C)[nH]c(C(=O)NCc2ccc(S(=O)(=O)N3CCOCC3)cc2)c1C. The Morgan fingerprint density at radius 3 is 2.42 bits per heavy atom. The number of hydrogen-bond acceptors (Lipinski definition) is 7. The number of methoxy groups -OCH3 is 1. The number of morpholine rings is 1. The maximum absolute atomic E-state index is 12.7. The number of ether oxygens (including phenoxy) is 3. The summed E-state index contributed by atoms with van der Waals surface area (Å²) in [5, 5.41) is 2.79. The third kappa shape index (κ3) is 5.80. The van der Waals surface area contributed by atoms with Crippen molar-refractivity contribution in [1.29, 1.82) is 0 Å². The van der Waals surface area contributed by atoms with Crippen molar-refractivity contribution in [2.24, 2.45) is 0 Å². The van der Waals surface area contributed by atoms with Gasteiger partial charge in [-0.1, -0.05) is 12.1 Å². The molecule has 1 aliphatic rings. The van der Waals surface area contributed by atoms with Crippen LogP contribution >= 0.6 is 0 Å². The highest BCUT2D eigenvalue weighted by molar-refractivity contribution is 7.89. The molecule has 11 heteroatoms. The highest BCUT2D eigenvalue weighted by Crippen LogP contribution is 2.20. The number of nitrogens with zero attached hydrogens (tertiary/aromatic N) is 1. The van der Waals surface area contributed by atoms with Gasteiger partial charge >= 0.3 is 5.97 Å². The zero-order valence-electron chi connectivity index (χ0n) is 19.0. The monoisotopic (exact) mass is 479 g/mol. The van der Waals surface area contributed by atoms with Gasteiger partial charge < -0.3 is 24.5 Å². The summed E-state index contributed by atoms with van der Waals surface area (Å²) in [5.41, 5.74) is 2.38. The second kappa shape index (κ2) is 10.9. The van der Waals surface area contributed by atoms with Gasteiger partial charge in [-0.2, -0.15) is 4.31 Å². The van der Waals surface area contributed by atoms with Crippen LogP contribution in [0.25, 0.3) is 0 Å². The molecule has 0 atom stereocenters. The Morgan fingerprint density at radius 2 is 1.79 bits per heavy atom. The van der Waals surface area contributed by atoms with Gasteiger partial charge in [0.2, 0.25) is 10.0 Å². The quantitative estimate of drug-likeness (QED) is 0.411. The van der Waals surface area contributed by atoms with E-state index in [2.05, 4.69) is 10.3 Å². The van der Waals surface area contributed by atoms with Crippen molar-refractivity contribution in [3.63, 3.8) is 0 Å². The van der Waals surface area contributed by atoms with E-state index in [1.165, 1.54) is 23.5 Å². The topological polar surface area (TPSA) is 127 Å². The molecule has 0 aliphatic carbocycles. The molecule has 2 heterocycles. The summed E-state index contributed by atoms with van der Waals surface area (Å²) >= 11 is 0. The summed E-state index contributed by atoms with van der Waals surface area (Å²) in [6.07, 6.45) is 0. The van der Waals surface area contributed by atoms with E-state index in [0.717, 1.165) is 5.56 Å². The van der Waals surface area contributed by atoms with Crippen LogP contribution in [-0.2, 0) is 30.8 Å². The molecule has 0 spiro atoms. The lowest BCUT2D eigenvalue weighted by Crippen LogP contribution is -2.40. The lowest BCUT2D eigenvalue weighted by molar-refractivity contribution is 0.0386. The zero-order chi connectivity index (χ0) is 24.0. The predicted molar refractivity (Wildman–Crippen MR) is 120 cm³/mol. The lowest BCUT2D eigenvalue weighted by Gasteiger charge is -2.26. The number of aromatic amines is 1. The highest BCUT2D eigenvalue weighted by Gasteiger charge is 2.26. The van der Waals surface area contributed by atoms with E-state index in [0.29, 0.717) is 43.1 Å². The largest absolute Gasteiger partial charge is 0.460 e. The first-order chi connectivity index (χ1) is 15.8. The first kappa shape index (κ1) is 24.9. The molecule has 1 aliphatic heterocycles. The number of benzene rings is 1. The third-order valence-electron chi connectivity index (χ3n) is 5.37. The number of nitrogens with one attached hydrogen (secondary N) is 2. The molecule has 0 saturated carbocycles. The molecule has 0 radical (unpaired) electrons. The number of aromatic nitrogens is 1. The van der Waals surface area contributed by atoms with Crippen LogP contribution in [0.1, 0.15) is 37.7 Å². The minimum atomic E-state index is -3.57. The van der Waals surface area contributed by atoms with E-state index in [1.54, 1.807) is 26.0 Å². The maximum atomic E-state index is 12.7. The minimum Gasteiger partial charge on any atom is -0.460 e. The van der Waals surface area contributed by atoms with Gasteiger partial charge in [0.25, 0.3) is 5.91 Å². The molecular weight excluding hydrogens is 450 g/mol. The van der Waals surface area contributed by atoms with Crippen molar-refractivity contribution in [3.05, 3.63) is 52.3 Å². The van der Waals surface area contributed by atoms with E-state index in [-0.39, 0.29) is 36.3 Å². The molecule has 1 fully saturated rings. The molecule has 1 amide bonds. The van der Waals surface area contributed by atoms with Crippen LogP contribution in [0.2, 0.25) is 0 Å². The fourth-order valence-electron chi connectivity index (χ4n) is 3.56. The molecular formula is C22H29N3O7S. The van der Waals surface area contributed by atoms with Gasteiger partial charge in [-0.15, -0.1) is 0 Å². The molecule has 2 N–H and O–H groups in total. The van der Waals surface area contributed by atoms with E-state index in [1.807, 2.05) is 0 Å². The van der Waals surface area contributed by atoms with E-state index < -0.39 is 16.0 Å². The average molecular weight is 480 g/mol. The number of hydrogen-bond donors (Lipinski definition) is 2. The van der Waals surface area contributed by atoms with Crippen molar-refractivity contribution in [2.75, 3.05) is 46.6 Å². The fourth-order valence-corrected chi connectivity index (χ4v) is 4.97. The van der Waals surface area contributed by atoms with Gasteiger partial charge in [0.15, 0.2) is 0 Å². The van der Waals surface area contributed by atoms with Gasteiger partial charge in [-0.05, 0) is 37.1 Å². The standard InChI is InChI=1S/C22H29N3O7S/c1-15-19(22(27)32-13-12-30-3)16(2)24-20(15)21(26)23-14-17-4-6-18(7-5-17)33(28,29)25-8-10-31-11-9-25/h4-7,24H,8-14H2,1-3H3,(H,23,26). The highest BCUT2D eigenvalue weighted by atomic mass is 32.2. The predicted octanol–water partition coefficient (Wildman–Crippen LogP) is 1.39. The second-order valence-electron chi connectivity index (χ2n) is 7.60. The average Bonchev–Trinajstić information content (AvgIpc) is 3.12. The van der Waals surface area contributed by atoms with E-state index in [4.69, 9.17) is 14.2 Å². The Bertz CT molecular complexity index is 1090. The van der Waals surface area contributed by atoms with Crippen molar-refractivity contribution >= 4 is 21.9 Å². The number of amides is 1. The first-order valence-corrected chi connectivity index (χ1v) is 12.0. The lowest BCUT2D eigenvalue weighted by atomic mass is 10.1. The van der Waals surface area contributed by atoms with Gasteiger partial charge in [-0.3, -0.25) is 4.79 Å². The zero-order valence-corrected chi connectivity index (χ0v) is 19.8. The normalized spacial score (nSPS) is 14.8. The summed E-state index contributed by atoms with van der Waals surface area (Å²) in [4.78, 5) is 28.2. The molecule has 1 aromatic carbocycles. The molecule has 33 heavy (non-hydrogen) atoms. The fraction of sp³-hybridized carbons (Fsp3) is 0.455. The second-order valence-corrected chi connectivity index (χ2v) is 9.53. The Kier molecular flexibility index (Phi) is 8.25. The van der Waals surface area contributed by atoms with Crippen molar-refractivity contribution in [3.8, 4) is 0 Å². The van der Waals surface area contributed by atoms with E-state index in [9.17, 15) is 18.0 Å². The summed E-state index contributed by atoms with van der Waals surface area (Å²) < 4.78 is 42.1.